The Hall–Kier alpha value is 0.0500. The topological polar surface area (TPSA) is 12.0 Å². The number of nitrogens with one attached hydrogen (secondary N) is 1. The van der Waals surface area contributed by atoms with Crippen molar-refractivity contribution in [1.29, 1.82) is 0 Å². The van der Waals surface area contributed by atoms with E-state index < -0.39 is 0 Å². The molecule has 2 atom stereocenters. The van der Waals surface area contributed by atoms with Crippen LogP contribution in [-0.2, 0) is 0 Å². The first-order valence-corrected chi connectivity index (χ1v) is 5.73. The summed E-state index contributed by atoms with van der Waals surface area (Å²) >= 11 is 2.08. The van der Waals surface area contributed by atoms with E-state index in [4.69, 9.17) is 0 Å². The lowest BCUT2D eigenvalue weighted by molar-refractivity contribution is 0.542. The standard InChI is InChI=1S/C10H19NS/c1-8(2)4-6-11-10-5-7-12-9(10)3/h4,9-11H,5-7H2,1-3H3. The van der Waals surface area contributed by atoms with Crippen LogP contribution in [0.2, 0.25) is 0 Å². The van der Waals surface area contributed by atoms with Gasteiger partial charge in [0.05, 0.1) is 0 Å². The quantitative estimate of drug-likeness (QED) is 0.678. The molecule has 70 valence electrons. The summed E-state index contributed by atoms with van der Waals surface area (Å²) in [5.41, 5.74) is 1.40. The average molecular weight is 185 g/mol. The summed E-state index contributed by atoms with van der Waals surface area (Å²) < 4.78 is 0. The van der Waals surface area contributed by atoms with Crippen molar-refractivity contribution >= 4 is 11.8 Å². The molecule has 1 aliphatic heterocycles. The van der Waals surface area contributed by atoms with E-state index in [1.54, 1.807) is 0 Å². The number of hydrogen-bond donors (Lipinski definition) is 1. The summed E-state index contributed by atoms with van der Waals surface area (Å²) in [6.45, 7) is 7.65. The molecule has 1 N–H and O–H groups in total. The maximum atomic E-state index is 3.57. The van der Waals surface area contributed by atoms with Crippen LogP contribution >= 0.6 is 11.8 Å². The second-order valence-corrected chi connectivity index (χ2v) is 5.15. The maximum absolute atomic E-state index is 3.57. The van der Waals surface area contributed by atoms with Gasteiger partial charge in [0.25, 0.3) is 0 Å². The van der Waals surface area contributed by atoms with Gasteiger partial charge in [0, 0.05) is 17.8 Å². The van der Waals surface area contributed by atoms with Crippen LogP contribution in [-0.4, -0.2) is 23.6 Å². The highest BCUT2D eigenvalue weighted by molar-refractivity contribution is 8.00. The molecule has 0 spiro atoms. The summed E-state index contributed by atoms with van der Waals surface area (Å²) in [6.07, 6.45) is 3.60. The van der Waals surface area contributed by atoms with E-state index in [0.717, 1.165) is 17.8 Å². The van der Waals surface area contributed by atoms with Gasteiger partial charge in [0.1, 0.15) is 0 Å². The molecule has 2 unspecified atom stereocenters. The van der Waals surface area contributed by atoms with E-state index in [1.165, 1.54) is 17.7 Å². The molecule has 1 aliphatic rings. The van der Waals surface area contributed by atoms with Crippen LogP contribution in [0.15, 0.2) is 11.6 Å². The van der Waals surface area contributed by atoms with Crippen molar-refractivity contribution in [3.8, 4) is 0 Å². The highest BCUT2D eigenvalue weighted by atomic mass is 32.2. The molecule has 0 aliphatic carbocycles. The van der Waals surface area contributed by atoms with Gasteiger partial charge < -0.3 is 5.32 Å². The summed E-state index contributed by atoms with van der Waals surface area (Å²) in [7, 11) is 0. The predicted octanol–water partition coefficient (Wildman–Crippen LogP) is 2.44. The van der Waals surface area contributed by atoms with Crippen LogP contribution in [0, 0.1) is 0 Å². The van der Waals surface area contributed by atoms with Crippen LogP contribution < -0.4 is 5.32 Å². The molecule has 0 amide bonds. The zero-order chi connectivity index (χ0) is 8.97. The van der Waals surface area contributed by atoms with Gasteiger partial charge in [-0.1, -0.05) is 18.6 Å². The van der Waals surface area contributed by atoms with Gasteiger partial charge in [-0.2, -0.15) is 11.8 Å². The summed E-state index contributed by atoms with van der Waals surface area (Å²) in [5.74, 6) is 1.33. The second kappa shape index (κ2) is 4.93. The van der Waals surface area contributed by atoms with Crippen LogP contribution in [0.3, 0.4) is 0 Å². The Morgan fingerprint density at radius 1 is 1.58 bits per heavy atom. The van der Waals surface area contributed by atoms with E-state index in [-0.39, 0.29) is 0 Å². The minimum atomic E-state index is 0.741. The van der Waals surface area contributed by atoms with E-state index >= 15 is 0 Å². The maximum Gasteiger partial charge on any atom is 0.0194 e. The third-order valence-corrected chi connectivity index (χ3v) is 3.59. The lowest BCUT2D eigenvalue weighted by atomic mass is 10.2. The highest BCUT2D eigenvalue weighted by Crippen LogP contribution is 2.25. The minimum Gasteiger partial charge on any atom is -0.309 e. The third-order valence-electron chi connectivity index (χ3n) is 2.27. The second-order valence-electron chi connectivity index (χ2n) is 3.66. The van der Waals surface area contributed by atoms with Gasteiger partial charge in [0.2, 0.25) is 0 Å². The Morgan fingerprint density at radius 2 is 2.33 bits per heavy atom. The van der Waals surface area contributed by atoms with E-state index in [1.807, 2.05) is 0 Å². The number of allylic oxidation sites excluding steroid dienone is 1. The smallest absolute Gasteiger partial charge is 0.0194 e. The van der Waals surface area contributed by atoms with Gasteiger partial charge >= 0.3 is 0 Å². The number of hydrogen-bond acceptors (Lipinski definition) is 2. The fourth-order valence-electron chi connectivity index (χ4n) is 1.41. The number of thioether (sulfide) groups is 1. The van der Waals surface area contributed by atoms with Crippen LogP contribution in [0.25, 0.3) is 0 Å². The Bertz CT molecular complexity index is 161. The zero-order valence-electron chi connectivity index (χ0n) is 8.26. The summed E-state index contributed by atoms with van der Waals surface area (Å²) in [6, 6.07) is 0.741. The van der Waals surface area contributed by atoms with Gasteiger partial charge in [-0.05, 0) is 26.0 Å². The molecule has 1 nitrogen and oxygen atoms in total. The minimum absolute atomic E-state index is 0.741. The summed E-state index contributed by atoms with van der Waals surface area (Å²) in [5, 5.41) is 4.37. The monoisotopic (exact) mass is 185 g/mol. The molecule has 0 saturated carbocycles. The Morgan fingerprint density at radius 3 is 2.83 bits per heavy atom. The van der Waals surface area contributed by atoms with Crippen LogP contribution in [0.4, 0.5) is 0 Å². The molecule has 2 heteroatoms. The SMILES string of the molecule is CC(C)=CCNC1CCSC1C. The molecule has 1 fully saturated rings. The Kier molecular flexibility index (Phi) is 4.16. The molecule has 0 aromatic rings. The first-order chi connectivity index (χ1) is 5.70. The van der Waals surface area contributed by atoms with Crippen molar-refractivity contribution in [2.45, 2.75) is 38.5 Å². The van der Waals surface area contributed by atoms with Crippen LogP contribution in [0.1, 0.15) is 27.2 Å². The Balaban J connectivity index is 2.18. The first kappa shape index (κ1) is 10.1. The molecule has 0 bridgehead atoms. The van der Waals surface area contributed by atoms with Crippen molar-refractivity contribution in [2.75, 3.05) is 12.3 Å². The van der Waals surface area contributed by atoms with Crippen molar-refractivity contribution in [1.82, 2.24) is 5.32 Å². The van der Waals surface area contributed by atoms with Crippen molar-refractivity contribution in [3.63, 3.8) is 0 Å². The summed E-state index contributed by atoms with van der Waals surface area (Å²) in [4.78, 5) is 0. The van der Waals surface area contributed by atoms with Gasteiger partial charge in [-0.15, -0.1) is 0 Å². The van der Waals surface area contributed by atoms with Crippen molar-refractivity contribution < 1.29 is 0 Å². The average Bonchev–Trinajstić information content (AvgIpc) is 2.36. The molecule has 12 heavy (non-hydrogen) atoms. The molecular weight excluding hydrogens is 166 g/mol. The molecule has 1 saturated heterocycles. The fraction of sp³-hybridized carbons (Fsp3) is 0.800. The lowest BCUT2D eigenvalue weighted by Gasteiger charge is -2.14. The van der Waals surface area contributed by atoms with Crippen molar-refractivity contribution in [2.24, 2.45) is 0 Å². The third kappa shape index (κ3) is 3.20. The van der Waals surface area contributed by atoms with Gasteiger partial charge in [0.15, 0.2) is 0 Å². The fourth-order valence-corrected chi connectivity index (χ4v) is 2.64. The zero-order valence-corrected chi connectivity index (χ0v) is 9.08. The van der Waals surface area contributed by atoms with E-state index in [9.17, 15) is 0 Å². The highest BCUT2D eigenvalue weighted by Gasteiger charge is 2.22. The van der Waals surface area contributed by atoms with Gasteiger partial charge in [-0.3, -0.25) is 0 Å². The normalized spacial score (nSPS) is 28.9. The molecular formula is C10H19NS. The first-order valence-electron chi connectivity index (χ1n) is 4.68. The molecule has 1 heterocycles. The van der Waals surface area contributed by atoms with Gasteiger partial charge in [-0.25, -0.2) is 0 Å². The molecule has 1 rings (SSSR count). The predicted molar refractivity (Wildman–Crippen MR) is 57.8 cm³/mol. The molecule has 0 aromatic heterocycles. The largest absolute Gasteiger partial charge is 0.309 e. The van der Waals surface area contributed by atoms with E-state index in [2.05, 4.69) is 43.9 Å². The number of rotatable bonds is 3. The van der Waals surface area contributed by atoms with E-state index in [0.29, 0.717) is 0 Å². The molecule has 0 aromatic carbocycles. The van der Waals surface area contributed by atoms with Crippen molar-refractivity contribution in [3.05, 3.63) is 11.6 Å². The molecule has 0 radical (unpaired) electrons. The Labute approximate surface area is 80.0 Å². The van der Waals surface area contributed by atoms with Crippen LogP contribution in [0.5, 0.6) is 0 Å². The lowest BCUT2D eigenvalue weighted by Crippen LogP contribution is -2.33.